The van der Waals surface area contributed by atoms with Crippen LogP contribution < -0.4 is 0 Å². The number of rotatable bonds is 3. The zero-order valence-electron chi connectivity index (χ0n) is 20.1. The molecule has 1 aliphatic heterocycles. The van der Waals surface area contributed by atoms with Crippen LogP contribution in [0.4, 0.5) is 9.59 Å². The Morgan fingerprint density at radius 1 is 0.969 bits per heavy atom. The molecular formula is C25H36N2O5. The normalized spacial score (nSPS) is 19.8. The molecule has 0 bridgehead atoms. The van der Waals surface area contributed by atoms with Gasteiger partial charge in [-0.05, 0) is 71.9 Å². The van der Waals surface area contributed by atoms with Crippen molar-refractivity contribution in [3.05, 3.63) is 36.0 Å². The van der Waals surface area contributed by atoms with Crippen LogP contribution in [-0.2, 0) is 15.9 Å². The van der Waals surface area contributed by atoms with Gasteiger partial charge in [-0.1, -0.05) is 18.2 Å². The molecule has 7 nitrogen and oxygen atoms in total. The number of benzene rings is 1. The lowest BCUT2D eigenvalue weighted by molar-refractivity contribution is 0.00496. The van der Waals surface area contributed by atoms with Gasteiger partial charge in [0.25, 0.3) is 0 Å². The van der Waals surface area contributed by atoms with Crippen molar-refractivity contribution in [2.45, 2.75) is 65.6 Å². The number of aliphatic hydroxyl groups excluding tert-OH is 1. The van der Waals surface area contributed by atoms with E-state index in [2.05, 4.69) is 0 Å². The predicted octanol–water partition coefficient (Wildman–Crippen LogP) is 4.83. The summed E-state index contributed by atoms with van der Waals surface area (Å²) in [6, 6.07) is 7.77. The highest BCUT2D eigenvalue weighted by Crippen LogP contribution is 2.30. The van der Waals surface area contributed by atoms with Gasteiger partial charge in [-0.2, -0.15) is 0 Å². The van der Waals surface area contributed by atoms with Crippen LogP contribution in [0, 0.1) is 11.8 Å². The summed E-state index contributed by atoms with van der Waals surface area (Å²) in [4.78, 5) is 27.2. The van der Waals surface area contributed by atoms with Gasteiger partial charge in [-0.3, -0.25) is 4.57 Å². The molecule has 1 aromatic heterocycles. The molecule has 0 spiro atoms. The Balaban J connectivity index is 1.84. The Morgan fingerprint density at radius 2 is 1.56 bits per heavy atom. The molecule has 3 rings (SSSR count). The van der Waals surface area contributed by atoms with E-state index in [1.165, 1.54) is 0 Å². The van der Waals surface area contributed by atoms with Crippen LogP contribution in [0.3, 0.4) is 0 Å². The number of piperidine rings is 1. The molecule has 0 unspecified atom stereocenters. The molecule has 1 amide bonds. The highest BCUT2D eigenvalue weighted by Gasteiger charge is 2.33. The number of para-hydroxylation sites is 1. The van der Waals surface area contributed by atoms with E-state index in [-0.39, 0.29) is 24.5 Å². The smallest absolute Gasteiger partial charge is 0.419 e. The fourth-order valence-electron chi connectivity index (χ4n) is 4.26. The van der Waals surface area contributed by atoms with Gasteiger partial charge >= 0.3 is 12.2 Å². The summed E-state index contributed by atoms with van der Waals surface area (Å²) in [7, 11) is 0. The molecule has 1 N–H and O–H groups in total. The summed E-state index contributed by atoms with van der Waals surface area (Å²) in [6.07, 6.45) is 2.58. The van der Waals surface area contributed by atoms with E-state index in [4.69, 9.17) is 9.47 Å². The van der Waals surface area contributed by atoms with E-state index < -0.39 is 17.3 Å². The Bertz CT molecular complexity index is 967. The average Bonchev–Trinajstić information content (AvgIpc) is 3.04. The molecule has 2 atom stereocenters. The van der Waals surface area contributed by atoms with Gasteiger partial charge < -0.3 is 19.5 Å². The Labute approximate surface area is 190 Å². The molecule has 0 saturated carbocycles. The first-order chi connectivity index (χ1) is 14.9. The van der Waals surface area contributed by atoms with Crippen molar-refractivity contribution in [1.29, 1.82) is 0 Å². The van der Waals surface area contributed by atoms with E-state index in [0.717, 1.165) is 22.9 Å². The van der Waals surface area contributed by atoms with Gasteiger partial charge in [0.05, 0.1) is 5.52 Å². The van der Waals surface area contributed by atoms with Crippen LogP contribution in [-0.4, -0.2) is 57.7 Å². The number of carbonyl (C=O) groups excluding carboxylic acids is 2. The van der Waals surface area contributed by atoms with Gasteiger partial charge in [0, 0.05) is 37.2 Å². The monoisotopic (exact) mass is 444 g/mol. The summed E-state index contributed by atoms with van der Waals surface area (Å²) in [6.45, 7) is 12.2. The highest BCUT2D eigenvalue weighted by molar-refractivity contribution is 5.92. The van der Waals surface area contributed by atoms with Gasteiger partial charge in [0.2, 0.25) is 0 Å². The van der Waals surface area contributed by atoms with Crippen LogP contribution in [0.5, 0.6) is 0 Å². The first-order valence-electron chi connectivity index (χ1n) is 11.3. The topological polar surface area (TPSA) is 81.0 Å². The van der Waals surface area contributed by atoms with Gasteiger partial charge in [0.15, 0.2) is 0 Å². The molecule has 0 aliphatic carbocycles. The Morgan fingerprint density at radius 3 is 2.19 bits per heavy atom. The summed E-state index contributed by atoms with van der Waals surface area (Å²) in [5.74, 6) is 0.145. The zero-order valence-corrected chi connectivity index (χ0v) is 20.1. The molecule has 32 heavy (non-hydrogen) atoms. The van der Waals surface area contributed by atoms with E-state index in [0.29, 0.717) is 19.5 Å². The van der Waals surface area contributed by atoms with Crippen molar-refractivity contribution >= 4 is 23.1 Å². The quantitative estimate of drug-likeness (QED) is 0.733. The molecule has 176 valence electrons. The molecule has 1 saturated heterocycles. The number of fused-ring (bicyclic) bond motifs is 1. The number of aromatic nitrogens is 1. The lowest BCUT2D eigenvalue weighted by atomic mass is 9.85. The van der Waals surface area contributed by atoms with Crippen LogP contribution in [0.2, 0.25) is 0 Å². The van der Waals surface area contributed by atoms with Gasteiger partial charge in [-0.25, -0.2) is 9.59 Å². The molecule has 1 aliphatic rings. The van der Waals surface area contributed by atoms with Crippen molar-refractivity contribution in [3.63, 3.8) is 0 Å². The molecule has 2 aromatic rings. The van der Waals surface area contributed by atoms with Crippen LogP contribution in [0.25, 0.3) is 10.9 Å². The third kappa shape index (κ3) is 6.03. The number of nitrogens with zero attached hydrogens (tertiary/aromatic N) is 2. The summed E-state index contributed by atoms with van der Waals surface area (Å²) < 4.78 is 12.7. The number of hydrogen-bond acceptors (Lipinski definition) is 5. The van der Waals surface area contributed by atoms with Crippen molar-refractivity contribution in [1.82, 2.24) is 9.47 Å². The fraction of sp³-hybridized carbons (Fsp3) is 0.600. The van der Waals surface area contributed by atoms with E-state index >= 15 is 0 Å². The Kier molecular flexibility index (Phi) is 6.89. The summed E-state index contributed by atoms with van der Waals surface area (Å²) in [5.41, 5.74) is 0.669. The SMILES string of the molecule is CC(C)(C)OC(=O)N1C[C@H](CO)C[C@H](Cc2cn(C(=O)OC(C)(C)C)c3ccccc23)C1. The van der Waals surface area contributed by atoms with Crippen molar-refractivity contribution in [2.24, 2.45) is 11.8 Å². The second kappa shape index (κ2) is 9.14. The number of amides is 1. The second-order valence-corrected chi connectivity index (χ2v) is 10.8. The predicted molar refractivity (Wildman–Crippen MR) is 124 cm³/mol. The number of carbonyl (C=O) groups is 2. The number of ether oxygens (including phenoxy) is 2. The van der Waals surface area contributed by atoms with Gasteiger partial charge in [-0.15, -0.1) is 0 Å². The Hall–Kier alpha value is -2.54. The number of likely N-dealkylation sites (tertiary alicyclic amines) is 1. The van der Waals surface area contributed by atoms with Crippen LogP contribution in [0.1, 0.15) is 53.5 Å². The molecule has 1 aromatic carbocycles. The van der Waals surface area contributed by atoms with Crippen LogP contribution >= 0.6 is 0 Å². The minimum atomic E-state index is -0.589. The van der Waals surface area contributed by atoms with Crippen molar-refractivity contribution < 1.29 is 24.2 Å². The maximum Gasteiger partial charge on any atom is 0.419 e. The highest BCUT2D eigenvalue weighted by atomic mass is 16.6. The number of hydrogen-bond donors (Lipinski definition) is 1. The zero-order chi connectivity index (χ0) is 23.7. The van der Waals surface area contributed by atoms with Gasteiger partial charge in [0.1, 0.15) is 11.2 Å². The third-order valence-electron chi connectivity index (χ3n) is 5.43. The second-order valence-electron chi connectivity index (χ2n) is 10.8. The molecule has 2 heterocycles. The molecule has 1 fully saturated rings. The van der Waals surface area contributed by atoms with Crippen molar-refractivity contribution in [3.8, 4) is 0 Å². The average molecular weight is 445 g/mol. The summed E-state index contributed by atoms with van der Waals surface area (Å²) >= 11 is 0. The lowest BCUT2D eigenvalue weighted by Crippen LogP contribution is -2.47. The minimum absolute atomic E-state index is 0.000439. The molecular weight excluding hydrogens is 408 g/mol. The maximum atomic E-state index is 12.8. The number of aliphatic hydroxyl groups is 1. The lowest BCUT2D eigenvalue weighted by Gasteiger charge is -2.38. The van der Waals surface area contributed by atoms with E-state index in [1.807, 2.05) is 72.0 Å². The third-order valence-corrected chi connectivity index (χ3v) is 5.43. The van der Waals surface area contributed by atoms with E-state index in [1.54, 1.807) is 9.47 Å². The molecule has 7 heteroatoms. The molecule has 0 radical (unpaired) electrons. The summed E-state index contributed by atoms with van der Waals surface area (Å²) in [5, 5.41) is 10.8. The van der Waals surface area contributed by atoms with Crippen LogP contribution in [0.15, 0.2) is 30.5 Å². The maximum absolute atomic E-state index is 12.8. The largest absolute Gasteiger partial charge is 0.444 e. The van der Waals surface area contributed by atoms with E-state index in [9.17, 15) is 14.7 Å². The standard InChI is InChI=1S/C25H36N2O5/c1-24(2,3)31-22(29)26-13-17(11-18(14-26)16-28)12-19-15-27(23(30)32-25(4,5)6)21-10-8-7-9-20(19)21/h7-10,15,17-18,28H,11-14,16H2,1-6H3/t17-,18-/m1/s1. The first-order valence-corrected chi connectivity index (χ1v) is 11.3. The first kappa shape index (κ1) is 24.1. The minimum Gasteiger partial charge on any atom is -0.444 e. The van der Waals surface area contributed by atoms with Crippen molar-refractivity contribution in [2.75, 3.05) is 19.7 Å². The fourth-order valence-corrected chi connectivity index (χ4v) is 4.26.